The molecular weight excluding hydrogens is 332 g/mol. The molecule has 1 saturated heterocycles. The number of rotatable bonds is 4. The molecule has 1 aliphatic carbocycles. The molecule has 6 nitrogen and oxygen atoms in total. The third-order valence-electron chi connectivity index (χ3n) is 5.44. The molecule has 0 unspecified atom stereocenters. The normalized spacial score (nSPS) is 25.3. The number of amides is 1. The summed E-state index contributed by atoms with van der Waals surface area (Å²) in [6, 6.07) is 9.76. The Morgan fingerprint density at radius 1 is 1.31 bits per heavy atom. The summed E-state index contributed by atoms with van der Waals surface area (Å²) in [7, 11) is 0. The number of hydrogen-bond acceptors (Lipinski definition) is 5. The van der Waals surface area contributed by atoms with Gasteiger partial charge in [0.15, 0.2) is 0 Å². The third-order valence-corrected chi connectivity index (χ3v) is 5.44. The van der Waals surface area contributed by atoms with Gasteiger partial charge < -0.3 is 19.2 Å². The minimum atomic E-state index is 0.0446. The number of aryl methyl sites for hydroxylation is 1. The Bertz CT molecular complexity index is 773. The van der Waals surface area contributed by atoms with Crippen LogP contribution in [0.2, 0.25) is 0 Å². The Hall–Kier alpha value is -2.18. The standard InChI is InChI=1S/C20H24N2O4/c1-13-16(21-20(26-13)15-5-3-2-4-6-15)11-19(24)22-7-8-25-18-10-14(12-23)9-17(18)22/h2-6,14,17-18,23H,7-12H2,1H3/t14-,17+,18+/m1/s1. The van der Waals surface area contributed by atoms with Gasteiger partial charge >= 0.3 is 0 Å². The summed E-state index contributed by atoms with van der Waals surface area (Å²) < 4.78 is 11.6. The Kier molecular flexibility index (Phi) is 4.78. The lowest BCUT2D eigenvalue weighted by Gasteiger charge is -2.37. The molecule has 1 aromatic carbocycles. The highest BCUT2D eigenvalue weighted by Crippen LogP contribution is 2.34. The van der Waals surface area contributed by atoms with Crippen molar-refractivity contribution < 1.29 is 19.1 Å². The first-order chi connectivity index (χ1) is 12.7. The highest BCUT2D eigenvalue weighted by atomic mass is 16.5. The lowest BCUT2D eigenvalue weighted by atomic mass is 10.1. The van der Waals surface area contributed by atoms with Crippen LogP contribution in [0.4, 0.5) is 0 Å². The molecule has 1 N–H and O–H groups in total. The number of carbonyl (C=O) groups excluding carboxylic acids is 1. The number of aliphatic hydroxyl groups is 1. The molecule has 1 saturated carbocycles. The summed E-state index contributed by atoms with van der Waals surface area (Å²) in [4.78, 5) is 19.4. The minimum Gasteiger partial charge on any atom is -0.441 e. The number of fused-ring (bicyclic) bond motifs is 1. The van der Waals surface area contributed by atoms with Gasteiger partial charge in [-0.15, -0.1) is 0 Å². The fraction of sp³-hybridized carbons (Fsp3) is 0.500. The zero-order valence-corrected chi connectivity index (χ0v) is 14.9. The van der Waals surface area contributed by atoms with Crippen LogP contribution in [-0.2, 0) is 16.0 Å². The van der Waals surface area contributed by atoms with Gasteiger partial charge in [0.05, 0.1) is 30.9 Å². The summed E-state index contributed by atoms with van der Waals surface area (Å²) in [5.74, 6) is 1.50. The van der Waals surface area contributed by atoms with Crippen LogP contribution >= 0.6 is 0 Å². The van der Waals surface area contributed by atoms with Crippen LogP contribution in [0.15, 0.2) is 34.7 Å². The number of nitrogens with zero attached hydrogens (tertiary/aromatic N) is 2. The van der Waals surface area contributed by atoms with Crippen LogP contribution in [0.5, 0.6) is 0 Å². The molecule has 0 radical (unpaired) electrons. The smallest absolute Gasteiger partial charge is 0.229 e. The quantitative estimate of drug-likeness (QED) is 0.909. The molecule has 0 spiro atoms. The third kappa shape index (κ3) is 3.27. The van der Waals surface area contributed by atoms with E-state index in [0.717, 1.165) is 18.4 Å². The van der Waals surface area contributed by atoms with E-state index in [1.807, 2.05) is 42.2 Å². The Morgan fingerprint density at radius 3 is 2.88 bits per heavy atom. The molecule has 1 aromatic heterocycles. The van der Waals surface area contributed by atoms with E-state index in [2.05, 4.69) is 4.98 Å². The maximum atomic E-state index is 12.9. The molecule has 3 atom stereocenters. The predicted molar refractivity (Wildman–Crippen MR) is 95.4 cm³/mol. The van der Waals surface area contributed by atoms with Crippen LogP contribution in [0.25, 0.3) is 11.5 Å². The van der Waals surface area contributed by atoms with Crippen molar-refractivity contribution in [2.24, 2.45) is 5.92 Å². The number of aromatic nitrogens is 1. The van der Waals surface area contributed by atoms with E-state index < -0.39 is 0 Å². The highest BCUT2D eigenvalue weighted by molar-refractivity contribution is 5.79. The molecule has 0 bridgehead atoms. The number of benzene rings is 1. The van der Waals surface area contributed by atoms with Gasteiger partial charge in [-0.1, -0.05) is 18.2 Å². The van der Waals surface area contributed by atoms with Crippen LogP contribution in [0.3, 0.4) is 0 Å². The number of aliphatic hydroxyl groups excluding tert-OH is 1. The zero-order valence-electron chi connectivity index (χ0n) is 14.9. The molecule has 26 heavy (non-hydrogen) atoms. The summed E-state index contributed by atoms with van der Waals surface area (Å²) >= 11 is 0. The van der Waals surface area contributed by atoms with Gasteiger partial charge in [-0.25, -0.2) is 4.98 Å². The number of hydrogen-bond donors (Lipinski definition) is 1. The van der Waals surface area contributed by atoms with Crippen LogP contribution < -0.4 is 0 Å². The fourth-order valence-electron chi connectivity index (χ4n) is 4.05. The molecule has 138 valence electrons. The minimum absolute atomic E-state index is 0.0446. The molecule has 2 fully saturated rings. The Labute approximate surface area is 152 Å². The Morgan fingerprint density at radius 2 is 2.12 bits per heavy atom. The average Bonchev–Trinajstić information content (AvgIpc) is 3.25. The highest BCUT2D eigenvalue weighted by Gasteiger charge is 2.42. The second-order valence-electron chi connectivity index (χ2n) is 7.15. The van der Waals surface area contributed by atoms with Gasteiger partial charge in [-0.05, 0) is 37.8 Å². The number of oxazole rings is 1. The van der Waals surface area contributed by atoms with Gasteiger partial charge in [0.25, 0.3) is 0 Å². The largest absolute Gasteiger partial charge is 0.441 e. The molecule has 4 rings (SSSR count). The van der Waals surface area contributed by atoms with Crippen LogP contribution in [0, 0.1) is 12.8 Å². The van der Waals surface area contributed by atoms with Crippen molar-refractivity contribution in [3.8, 4) is 11.5 Å². The fourth-order valence-corrected chi connectivity index (χ4v) is 4.05. The first-order valence-corrected chi connectivity index (χ1v) is 9.19. The predicted octanol–water partition coefficient (Wildman–Crippen LogP) is 2.19. The molecule has 2 aromatic rings. The molecule has 1 amide bonds. The van der Waals surface area contributed by atoms with E-state index >= 15 is 0 Å². The summed E-state index contributed by atoms with van der Waals surface area (Å²) in [6.45, 7) is 3.15. The van der Waals surface area contributed by atoms with E-state index in [4.69, 9.17) is 9.15 Å². The maximum absolute atomic E-state index is 12.9. The lowest BCUT2D eigenvalue weighted by molar-refractivity contribution is -0.143. The van der Waals surface area contributed by atoms with E-state index in [9.17, 15) is 9.90 Å². The van der Waals surface area contributed by atoms with Crippen molar-refractivity contribution in [2.75, 3.05) is 19.8 Å². The number of morpholine rings is 1. The first-order valence-electron chi connectivity index (χ1n) is 9.19. The van der Waals surface area contributed by atoms with Gasteiger partial charge in [0, 0.05) is 18.7 Å². The van der Waals surface area contributed by atoms with Crippen molar-refractivity contribution in [3.63, 3.8) is 0 Å². The molecular formula is C20H24N2O4. The van der Waals surface area contributed by atoms with Crippen molar-refractivity contribution in [3.05, 3.63) is 41.8 Å². The van der Waals surface area contributed by atoms with Gasteiger partial charge in [-0.3, -0.25) is 4.79 Å². The molecule has 1 aliphatic heterocycles. The number of ether oxygens (including phenoxy) is 1. The topological polar surface area (TPSA) is 75.8 Å². The maximum Gasteiger partial charge on any atom is 0.229 e. The van der Waals surface area contributed by atoms with E-state index in [-0.39, 0.29) is 37.0 Å². The van der Waals surface area contributed by atoms with Gasteiger partial charge in [-0.2, -0.15) is 0 Å². The monoisotopic (exact) mass is 356 g/mol. The van der Waals surface area contributed by atoms with E-state index in [1.165, 1.54) is 0 Å². The van der Waals surface area contributed by atoms with E-state index in [1.54, 1.807) is 0 Å². The Balaban J connectivity index is 1.49. The summed E-state index contributed by atoms with van der Waals surface area (Å²) in [6.07, 6.45) is 1.91. The van der Waals surface area contributed by atoms with Crippen molar-refractivity contribution in [1.29, 1.82) is 0 Å². The summed E-state index contributed by atoms with van der Waals surface area (Å²) in [5, 5.41) is 9.44. The second kappa shape index (κ2) is 7.21. The van der Waals surface area contributed by atoms with Crippen LogP contribution in [0.1, 0.15) is 24.3 Å². The van der Waals surface area contributed by atoms with E-state index in [0.29, 0.717) is 30.5 Å². The number of carbonyl (C=O) groups is 1. The molecule has 2 aliphatic rings. The average molecular weight is 356 g/mol. The SMILES string of the molecule is Cc1oc(-c2ccccc2)nc1CC(=O)N1CCO[C@H]2C[C@H](CO)C[C@@H]21. The zero-order chi connectivity index (χ0) is 18.1. The second-order valence-corrected chi connectivity index (χ2v) is 7.15. The van der Waals surface area contributed by atoms with Crippen molar-refractivity contribution in [1.82, 2.24) is 9.88 Å². The molecule has 2 heterocycles. The van der Waals surface area contributed by atoms with Crippen molar-refractivity contribution in [2.45, 2.75) is 38.3 Å². The first kappa shape index (κ1) is 17.2. The van der Waals surface area contributed by atoms with Gasteiger partial charge in [0.1, 0.15) is 5.76 Å². The van der Waals surface area contributed by atoms with Crippen molar-refractivity contribution >= 4 is 5.91 Å². The molecule has 6 heteroatoms. The van der Waals surface area contributed by atoms with Gasteiger partial charge in [0.2, 0.25) is 11.8 Å². The van der Waals surface area contributed by atoms with Crippen LogP contribution in [-0.4, -0.2) is 52.8 Å². The lowest BCUT2D eigenvalue weighted by Crippen LogP contribution is -2.51. The summed E-state index contributed by atoms with van der Waals surface area (Å²) in [5.41, 5.74) is 1.59.